The Balaban J connectivity index is 2.01. The molecular formula is C18H16F2N2O. The lowest BCUT2D eigenvalue weighted by Gasteiger charge is -2.21. The molecular weight excluding hydrogens is 298 g/mol. The number of aromatic nitrogens is 1. The van der Waals surface area contributed by atoms with Gasteiger partial charge in [-0.3, -0.25) is 4.98 Å². The molecule has 0 aliphatic heterocycles. The number of anilines is 1. The molecule has 118 valence electrons. The van der Waals surface area contributed by atoms with Crippen molar-refractivity contribution in [3.8, 4) is 5.75 Å². The normalized spacial score (nSPS) is 10.8. The first kappa shape index (κ1) is 15.2. The number of methoxy groups -OCH3 is 1. The summed E-state index contributed by atoms with van der Waals surface area (Å²) >= 11 is 0. The van der Waals surface area contributed by atoms with Gasteiger partial charge in [0.25, 0.3) is 0 Å². The van der Waals surface area contributed by atoms with Crippen LogP contribution in [-0.4, -0.2) is 19.1 Å². The lowest BCUT2D eigenvalue weighted by Crippen LogP contribution is -2.17. The number of pyridine rings is 1. The molecule has 3 nitrogen and oxygen atoms in total. The smallest absolute Gasteiger partial charge is 0.149 e. The van der Waals surface area contributed by atoms with Crippen LogP contribution < -0.4 is 9.64 Å². The topological polar surface area (TPSA) is 25.4 Å². The molecule has 0 saturated heterocycles. The fourth-order valence-corrected chi connectivity index (χ4v) is 2.62. The molecule has 0 aliphatic carbocycles. The minimum absolute atomic E-state index is 0.0417. The Kier molecular flexibility index (Phi) is 4.10. The van der Waals surface area contributed by atoms with E-state index in [1.165, 1.54) is 6.20 Å². The predicted molar refractivity (Wildman–Crippen MR) is 86.8 cm³/mol. The van der Waals surface area contributed by atoms with Crippen molar-refractivity contribution in [3.05, 3.63) is 65.9 Å². The van der Waals surface area contributed by atoms with Gasteiger partial charge in [-0.2, -0.15) is 0 Å². The monoisotopic (exact) mass is 314 g/mol. The molecule has 0 fully saturated rings. The maximum Gasteiger partial charge on any atom is 0.149 e. The number of fused-ring (bicyclic) bond motifs is 1. The van der Waals surface area contributed by atoms with E-state index in [2.05, 4.69) is 4.98 Å². The first-order valence-corrected chi connectivity index (χ1v) is 7.17. The van der Waals surface area contributed by atoms with Crippen LogP contribution in [0.5, 0.6) is 5.75 Å². The quantitative estimate of drug-likeness (QED) is 0.723. The second-order valence-corrected chi connectivity index (χ2v) is 5.29. The van der Waals surface area contributed by atoms with Crippen molar-refractivity contribution in [2.75, 3.05) is 19.1 Å². The standard InChI is InChI=1S/C18H16F2N2O/c1-22(11-12-4-3-5-13(10-12)23-2)16-8-9-21-18-15(20)7-6-14(19)17(16)18/h3-10H,11H2,1-2H3. The van der Waals surface area contributed by atoms with Crippen LogP contribution >= 0.6 is 0 Å². The fraction of sp³-hybridized carbons (Fsp3) is 0.167. The van der Waals surface area contributed by atoms with Gasteiger partial charge in [0.05, 0.1) is 18.2 Å². The Morgan fingerprint density at radius 2 is 1.87 bits per heavy atom. The van der Waals surface area contributed by atoms with Gasteiger partial charge in [-0.25, -0.2) is 8.78 Å². The molecule has 5 heteroatoms. The average Bonchev–Trinajstić information content (AvgIpc) is 2.58. The summed E-state index contributed by atoms with van der Waals surface area (Å²) in [6.07, 6.45) is 1.49. The number of hydrogen-bond acceptors (Lipinski definition) is 3. The van der Waals surface area contributed by atoms with Gasteiger partial charge in [0.2, 0.25) is 0 Å². The molecule has 0 N–H and O–H groups in total. The van der Waals surface area contributed by atoms with Crippen molar-refractivity contribution in [3.63, 3.8) is 0 Å². The van der Waals surface area contributed by atoms with Crippen LogP contribution in [0.25, 0.3) is 10.9 Å². The van der Waals surface area contributed by atoms with Crippen molar-refractivity contribution < 1.29 is 13.5 Å². The van der Waals surface area contributed by atoms with Crippen molar-refractivity contribution >= 4 is 16.6 Å². The largest absolute Gasteiger partial charge is 0.497 e. The van der Waals surface area contributed by atoms with Crippen LogP contribution in [-0.2, 0) is 6.54 Å². The lowest BCUT2D eigenvalue weighted by molar-refractivity contribution is 0.414. The molecule has 0 amide bonds. The highest BCUT2D eigenvalue weighted by Crippen LogP contribution is 2.29. The fourth-order valence-electron chi connectivity index (χ4n) is 2.62. The number of rotatable bonds is 4. The van der Waals surface area contributed by atoms with E-state index in [0.717, 1.165) is 23.4 Å². The molecule has 0 radical (unpaired) electrons. The van der Waals surface area contributed by atoms with Gasteiger partial charge in [-0.15, -0.1) is 0 Å². The van der Waals surface area contributed by atoms with Crippen LogP contribution in [0.3, 0.4) is 0 Å². The number of hydrogen-bond donors (Lipinski definition) is 0. The van der Waals surface area contributed by atoms with Crippen molar-refractivity contribution in [2.24, 2.45) is 0 Å². The molecule has 2 aromatic carbocycles. The minimum atomic E-state index is -0.530. The maximum atomic E-state index is 14.2. The van der Waals surface area contributed by atoms with Gasteiger partial charge in [-0.1, -0.05) is 12.1 Å². The zero-order valence-electron chi connectivity index (χ0n) is 12.9. The summed E-state index contributed by atoms with van der Waals surface area (Å²) in [6.45, 7) is 0.534. The first-order valence-electron chi connectivity index (χ1n) is 7.17. The summed E-state index contributed by atoms with van der Waals surface area (Å²) in [7, 11) is 3.44. The zero-order valence-corrected chi connectivity index (χ0v) is 12.9. The summed E-state index contributed by atoms with van der Waals surface area (Å²) in [4.78, 5) is 5.82. The van der Waals surface area contributed by atoms with E-state index >= 15 is 0 Å². The van der Waals surface area contributed by atoms with Crippen LogP contribution in [0.15, 0.2) is 48.7 Å². The molecule has 1 aromatic heterocycles. The molecule has 1 heterocycles. The molecule has 3 rings (SSSR count). The second kappa shape index (κ2) is 6.20. The second-order valence-electron chi connectivity index (χ2n) is 5.29. The van der Waals surface area contributed by atoms with E-state index in [-0.39, 0.29) is 10.9 Å². The molecule has 0 saturated carbocycles. The van der Waals surface area contributed by atoms with E-state index in [1.807, 2.05) is 36.2 Å². The Labute approximate surface area is 133 Å². The minimum Gasteiger partial charge on any atom is -0.497 e. The van der Waals surface area contributed by atoms with E-state index in [0.29, 0.717) is 12.2 Å². The maximum absolute atomic E-state index is 14.2. The van der Waals surface area contributed by atoms with Crippen LogP contribution in [0.1, 0.15) is 5.56 Å². The SMILES string of the molecule is COc1cccc(CN(C)c2ccnc3c(F)ccc(F)c23)c1. The van der Waals surface area contributed by atoms with Crippen molar-refractivity contribution in [1.29, 1.82) is 0 Å². The van der Waals surface area contributed by atoms with Gasteiger partial charge in [-0.05, 0) is 35.9 Å². The molecule has 0 unspecified atom stereocenters. The summed E-state index contributed by atoms with van der Waals surface area (Å²) in [6, 6.07) is 11.5. The summed E-state index contributed by atoms with van der Waals surface area (Å²) < 4.78 is 33.3. The molecule has 0 atom stereocenters. The van der Waals surface area contributed by atoms with Crippen LogP contribution in [0.4, 0.5) is 14.5 Å². The number of nitrogens with zero attached hydrogens (tertiary/aromatic N) is 2. The lowest BCUT2D eigenvalue weighted by atomic mass is 10.1. The van der Waals surface area contributed by atoms with Gasteiger partial charge in [0.1, 0.15) is 22.9 Å². The van der Waals surface area contributed by atoms with E-state index in [4.69, 9.17) is 4.74 Å². The Morgan fingerprint density at radius 1 is 1.09 bits per heavy atom. The van der Waals surface area contributed by atoms with E-state index < -0.39 is 11.6 Å². The van der Waals surface area contributed by atoms with Crippen LogP contribution in [0, 0.1) is 11.6 Å². The third-order valence-electron chi connectivity index (χ3n) is 3.74. The van der Waals surface area contributed by atoms with Crippen molar-refractivity contribution in [2.45, 2.75) is 6.54 Å². The Bertz CT molecular complexity index is 852. The third kappa shape index (κ3) is 2.95. The number of halogens is 2. The van der Waals surface area contributed by atoms with Gasteiger partial charge in [0, 0.05) is 19.8 Å². The predicted octanol–water partition coefficient (Wildman–Crippen LogP) is 4.16. The van der Waals surface area contributed by atoms with Crippen molar-refractivity contribution in [1.82, 2.24) is 4.98 Å². The van der Waals surface area contributed by atoms with E-state index in [9.17, 15) is 8.78 Å². The Morgan fingerprint density at radius 3 is 2.65 bits per heavy atom. The average molecular weight is 314 g/mol. The molecule has 0 bridgehead atoms. The molecule has 0 aliphatic rings. The number of ether oxygens (including phenoxy) is 1. The summed E-state index contributed by atoms with van der Waals surface area (Å²) in [5, 5.41) is 0.192. The van der Waals surface area contributed by atoms with Crippen LogP contribution in [0.2, 0.25) is 0 Å². The molecule has 3 aromatic rings. The Hall–Kier alpha value is -2.69. The van der Waals surface area contributed by atoms with Gasteiger partial charge >= 0.3 is 0 Å². The highest BCUT2D eigenvalue weighted by molar-refractivity contribution is 5.92. The zero-order chi connectivity index (χ0) is 16.4. The third-order valence-corrected chi connectivity index (χ3v) is 3.74. The van der Waals surface area contributed by atoms with E-state index in [1.54, 1.807) is 13.2 Å². The van der Waals surface area contributed by atoms with Gasteiger partial charge in [0.15, 0.2) is 0 Å². The number of benzene rings is 2. The highest BCUT2D eigenvalue weighted by Gasteiger charge is 2.14. The first-order chi connectivity index (χ1) is 11.1. The van der Waals surface area contributed by atoms with Gasteiger partial charge < -0.3 is 9.64 Å². The summed E-state index contributed by atoms with van der Waals surface area (Å²) in [5.74, 6) is -0.257. The molecule has 0 spiro atoms. The molecule has 23 heavy (non-hydrogen) atoms. The highest BCUT2D eigenvalue weighted by atomic mass is 19.1. The summed E-state index contributed by atoms with van der Waals surface area (Å²) in [5.41, 5.74) is 1.64.